The van der Waals surface area contributed by atoms with E-state index in [0.717, 1.165) is 0 Å². The fraction of sp³-hybridized carbons (Fsp3) is 0.600. The lowest BCUT2D eigenvalue weighted by atomic mass is 10.4. The number of hydrogen-bond donors (Lipinski definition) is 0. The largest absolute Gasteiger partial charge is 0.425 e. The van der Waals surface area contributed by atoms with Gasteiger partial charge in [0.05, 0.1) is 13.2 Å². The Hall–Kier alpha value is -1.36. The molecule has 0 radical (unpaired) electrons. The fourth-order valence-electron chi connectivity index (χ4n) is 0.858. The molecule has 0 bridgehead atoms. The van der Waals surface area contributed by atoms with E-state index in [1.165, 1.54) is 13.8 Å². The minimum Gasteiger partial charge on any atom is -0.425 e. The molecule has 0 N–H and O–H groups in total. The van der Waals surface area contributed by atoms with Crippen LogP contribution in [0.5, 0.6) is 0 Å². The first-order valence-electron chi connectivity index (χ1n) is 4.59. The van der Waals surface area contributed by atoms with E-state index >= 15 is 0 Å². The number of hydrogen-bond acceptors (Lipinski definition) is 5. The summed E-state index contributed by atoms with van der Waals surface area (Å²) in [5.74, 6) is -0.991. The highest BCUT2D eigenvalue weighted by molar-refractivity contribution is 5.68. The molecule has 0 aromatic rings. The van der Waals surface area contributed by atoms with Crippen molar-refractivity contribution < 1.29 is 23.8 Å². The first kappa shape index (κ1) is 13.6. The highest BCUT2D eigenvalue weighted by Gasteiger charge is 2.14. The molecule has 0 fully saturated rings. The van der Waals surface area contributed by atoms with Crippen molar-refractivity contribution in [3.05, 3.63) is 12.7 Å². The molecular formula is C10H16O5. The Morgan fingerprint density at radius 1 is 1.27 bits per heavy atom. The molecule has 0 aromatic heterocycles. The van der Waals surface area contributed by atoms with Crippen LogP contribution in [0.15, 0.2) is 12.7 Å². The summed E-state index contributed by atoms with van der Waals surface area (Å²) in [6.07, 6.45) is 1.05. The lowest BCUT2D eigenvalue weighted by Crippen LogP contribution is -2.24. The summed E-state index contributed by atoms with van der Waals surface area (Å²) < 4.78 is 14.6. The van der Waals surface area contributed by atoms with E-state index in [-0.39, 0.29) is 0 Å². The highest BCUT2D eigenvalue weighted by atomic mass is 16.7. The second kappa shape index (κ2) is 7.99. The summed E-state index contributed by atoms with van der Waals surface area (Å²) in [6, 6.07) is 0. The van der Waals surface area contributed by atoms with Crippen LogP contribution in [0.4, 0.5) is 0 Å². The highest BCUT2D eigenvalue weighted by Crippen LogP contribution is 2.02. The van der Waals surface area contributed by atoms with Crippen LogP contribution in [0.3, 0.4) is 0 Å². The zero-order valence-electron chi connectivity index (χ0n) is 9.02. The predicted octanol–water partition coefficient (Wildman–Crippen LogP) is 1.03. The second-order valence-corrected chi connectivity index (χ2v) is 2.80. The van der Waals surface area contributed by atoms with E-state index in [0.29, 0.717) is 19.6 Å². The van der Waals surface area contributed by atoms with Crippen LogP contribution in [0.1, 0.15) is 20.3 Å². The van der Waals surface area contributed by atoms with Crippen LogP contribution in [-0.4, -0.2) is 31.4 Å². The summed E-state index contributed by atoms with van der Waals surface area (Å²) in [5.41, 5.74) is 0. The zero-order valence-corrected chi connectivity index (χ0v) is 9.02. The molecule has 0 unspecified atom stereocenters. The van der Waals surface area contributed by atoms with Gasteiger partial charge in [0.1, 0.15) is 0 Å². The third-order valence-corrected chi connectivity index (χ3v) is 1.33. The lowest BCUT2D eigenvalue weighted by molar-refractivity contribution is -0.187. The molecule has 0 saturated carbocycles. The maximum atomic E-state index is 10.7. The van der Waals surface area contributed by atoms with Crippen LogP contribution < -0.4 is 0 Å². The second-order valence-electron chi connectivity index (χ2n) is 2.80. The van der Waals surface area contributed by atoms with Gasteiger partial charge in [-0.1, -0.05) is 6.08 Å². The molecule has 0 aliphatic carbocycles. The van der Waals surface area contributed by atoms with Gasteiger partial charge in [-0.05, 0) is 0 Å². The summed E-state index contributed by atoms with van der Waals surface area (Å²) in [5, 5.41) is 0. The van der Waals surface area contributed by atoms with Crippen LogP contribution in [0, 0.1) is 0 Å². The van der Waals surface area contributed by atoms with Crippen molar-refractivity contribution >= 4 is 11.9 Å². The minimum absolute atomic E-state index is 0.312. The van der Waals surface area contributed by atoms with E-state index in [4.69, 9.17) is 14.2 Å². The number of ether oxygens (including phenoxy) is 3. The van der Waals surface area contributed by atoms with E-state index in [2.05, 4.69) is 6.58 Å². The van der Waals surface area contributed by atoms with Gasteiger partial charge in [0, 0.05) is 20.3 Å². The molecule has 0 amide bonds. The van der Waals surface area contributed by atoms with Crippen molar-refractivity contribution in [1.29, 1.82) is 0 Å². The van der Waals surface area contributed by atoms with Gasteiger partial charge in [0.25, 0.3) is 0 Å². The van der Waals surface area contributed by atoms with Crippen molar-refractivity contribution in [2.45, 2.75) is 26.6 Å². The first-order valence-corrected chi connectivity index (χ1v) is 4.59. The van der Waals surface area contributed by atoms with Crippen LogP contribution in [0.2, 0.25) is 0 Å². The topological polar surface area (TPSA) is 61.8 Å². The average Bonchev–Trinajstić information content (AvgIpc) is 2.10. The molecular weight excluding hydrogens is 200 g/mol. The Bertz CT molecular complexity index is 208. The van der Waals surface area contributed by atoms with Crippen molar-refractivity contribution in [3.63, 3.8) is 0 Å². The van der Waals surface area contributed by atoms with Gasteiger partial charge in [-0.2, -0.15) is 0 Å². The van der Waals surface area contributed by atoms with Crippen molar-refractivity contribution in [2.75, 3.05) is 13.2 Å². The third kappa shape index (κ3) is 8.96. The summed E-state index contributed by atoms with van der Waals surface area (Å²) in [6.45, 7) is 6.72. The van der Waals surface area contributed by atoms with Crippen molar-refractivity contribution in [3.8, 4) is 0 Å². The molecule has 0 spiro atoms. The molecule has 86 valence electrons. The Kier molecular flexibility index (Phi) is 7.27. The Morgan fingerprint density at radius 3 is 2.20 bits per heavy atom. The number of carbonyl (C=O) groups is 2. The Labute approximate surface area is 89.0 Å². The summed E-state index contributed by atoms with van der Waals surface area (Å²) >= 11 is 0. The zero-order chi connectivity index (χ0) is 11.7. The van der Waals surface area contributed by atoms with E-state index < -0.39 is 18.2 Å². The smallest absolute Gasteiger partial charge is 0.305 e. The molecule has 0 saturated heterocycles. The van der Waals surface area contributed by atoms with Gasteiger partial charge in [0.2, 0.25) is 6.29 Å². The van der Waals surface area contributed by atoms with E-state index in [1.54, 1.807) is 6.08 Å². The van der Waals surface area contributed by atoms with Crippen molar-refractivity contribution in [1.82, 2.24) is 0 Å². The van der Waals surface area contributed by atoms with Crippen molar-refractivity contribution in [2.24, 2.45) is 0 Å². The summed E-state index contributed by atoms with van der Waals surface area (Å²) in [7, 11) is 0. The monoisotopic (exact) mass is 216 g/mol. The SMILES string of the molecule is C=CCOCCC(OC(C)=O)OC(C)=O. The number of carbonyl (C=O) groups excluding carboxylic acids is 2. The van der Waals surface area contributed by atoms with Crippen LogP contribution in [-0.2, 0) is 23.8 Å². The van der Waals surface area contributed by atoms with Crippen LogP contribution in [0.25, 0.3) is 0 Å². The molecule has 0 heterocycles. The molecule has 5 nitrogen and oxygen atoms in total. The normalized spacial score (nSPS) is 9.80. The third-order valence-electron chi connectivity index (χ3n) is 1.33. The van der Waals surface area contributed by atoms with E-state index in [9.17, 15) is 9.59 Å². The van der Waals surface area contributed by atoms with Crippen LogP contribution >= 0.6 is 0 Å². The minimum atomic E-state index is -0.871. The molecule has 0 aromatic carbocycles. The quantitative estimate of drug-likeness (QED) is 0.275. The molecule has 0 atom stereocenters. The number of rotatable bonds is 7. The Morgan fingerprint density at radius 2 is 1.80 bits per heavy atom. The molecule has 5 heteroatoms. The number of esters is 2. The molecule has 0 rings (SSSR count). The first-order chi connectivity index (χ1) is 7.06. The standard InChI is InChI=1S/C10H16O5/c1-4-6-13-7-5-10(14-8(2)11)15-9(3)12/h4,10H,1,5-7H2,2-3H3. The Balaban J connectivity index is 3.84. The fourth-order valence-corrected chi connectivity index (χ4v) is 0.858. The van der Waals surface area contributed by atoms with Gasteiger partial charge < -0.3 is 14.2 Å². The van der Waals surface area contributed by atoms with E-state index in [1.807, 2.05) is 0 Å². The average molecular weight is 216 g/mol. The maximum absolute atomic E-state index is 10.7. The molecule has 15 heavy (non-hydrogen) atoms. The molecule has 0 aliphatic heterocycles. The lowest BCUT2D eigenvalue weighted by Gasteiger charge is -2.16. The van der Waals surface area contributed by atoms with Gasteiger partial charge in [-0.25, -0.2) is 0 Å². The molecule has 0 aliphatic rings. The summed E-state index contributed by atoms with van der Waals surface area (Å²) in [4.78, 5) is 21.3. The van der Waals surface area contributed by atoms with Gasteiger partial charge >= 0.3 is 11.9 Å². The maximum Gasteiger partial charge on any atom is 0.305 e. The van der Waals surface area contributed by atoms with Gasteiger partial charge in [-0.3, -0.25) is 9.59 Å². The van der Waals surface area contributed by atoms with Gasteiger partial charge in [-0.15, -0.1) is 6.58 Å². The predicted molar refractivity (Wildman–Crippen MR) is 53.0 cm³/mol. The van der Waals surface area contributed by atoms with Gasteiger partial charge in [0.15, 0.2) is 0 Å².